The predicted octanol–water partition coefficient (Wildman–Crippen LogP) is 2.93. The number of nitrogens with one attached hydrogen (secondary N) is 2. The molecule has 2 rings (SSSR count). The van der Waals surface area contributed by atoms with Crippen molar-refractivity contribution in [2.75, 3.05) is 5.32 Å². The zero-order valence-electron chi connectivity index (χ0n) is 9.43. The van der Waals surface area contributed by atoms with Gasteiger partial charge in [-0.3, -0.25) is 4.79 Å². The summed E-state index contributed by atoms with van der Waals surface area (Å²) in [7, 11) is 0. The third-order valence-corrected chi connectivity index (χ3v) is 2.36. The van der Waals surface area contributed by atoms with E-state index in [9.17, 15) is 18.0 Å². The highest BCUT2D eigenvalue weighted by Crippen LogP contribution is 2.29. The van der Waals surface area contributed by atoms with E-state index < -0.39 is 12.0 Å². The Morgan fingerprint density at radius 3 is 2.78 bits per heavy atom. The molecule has 7 heteroatoms. The van der Waals surface area contributed by atoms with Crippen molar-refractivity contribution in [3.05, 3.63) is 24.0 Å². The van der Waals surface area contributed by atoms with Crippen molar-refractivity contribution in [1.29, 1.82) is 0 Å². The van der Waals surface area contributed by atoms with Crippen molar-refractivity contribution in [2.45, 2.75) is 19.5 Å². The fourth-order valence-electron chi connectivity index (χ4n) is 1.47. The van der Waals surface area contributed by atoms with Crippen LogP contribution in [-0.2, 0) is 11.0 Å². The minimum Gasteiger partial charge on any atom is -0.334 e. The number of H-pyrrole nitrogens is 1. The number of benzene rings is 1. The van der Waals surface area contributed by atoms with E-state index in [0.29, 0.717) is 12.1 Å². The Balaban J connectivity index is 2.37. The zero-order valence-corrected chi connectivity index (χ0v) is 9.43. The van der Waals surface area contributed by atoms with Gasteiger partial charge in [0.25, 0.3) is 0 Å². The molecule has 0 saturated carbocycles. The molecule has 1 amide bonds. The highest BCUT2D eigenvalue weighted by atomic mass is 19.4. The fourth-order valence-corrected chi connectivity index (χ4v) is 1.47. The Labute approximate surface area is 100 Å². The average Bonchev–Trinajstić information content (AvgIpc) is 2.71. The Hall–Kier alpha value is -2.05. The van der Waals surface area contributed by atoms with Crippen LogP contribution in [0.25, 0.3) is 11.0 Å². The van der Waals surface area contributed by atoms with Crippen LogP contribution >= 0.6 is 0 Å². The maximum absolute atomic E-state index is 12.4. The molecule has 1 aromatic heterocycles. The van der Waals surface area contributed by atoms with Gasteiger partial charge < -0.3 is 10.3 Å². The second kappa shape index (κ2) is 4.32. The second-order valence-corrected chi connectivity index (χ2v) is 3.72. The standard InChI is InChI=1S/C11H10F3N3O/c1-2-9(18)15-6-3-4-7-8(5-6)17-10(16-7)11(12,13)14/h3-5H,2H2,1H3,(H,15,18)(H,16,17). The summed E-state index contributed by atoms with van der Waals surface area (Å²) >= 11 is 0. The van der Waals surface area contributed by atoms with Gasteiger partial charge in [-0.1, -0.05) is 6.92 Å². The molecule has 0 aliphatic heterocycles. The molecule has 0 bridgehead atoms. The first-order valence-electron chi connectivity index (χ1n) is 5.27. The molecule has 0 aliphatic carbocycles. The number of nitrogens with zero attached hydrogens (tertiary/aromatic N) is 1. The summed E-state index contributed by atoms with van der Waals surface area (Å²) in [5.74, 6) is -1.25. The summed E-state index contributed by atoms with van der Waals surface area (Å²) in [6.07, 6.45) is -4.21. The van der Waals surface area contributed by atoms with E-state index in [-0.39, 0.29) is 16.9 Å². The van der Waals surface area contributed by atoms with Crippen molar-refractivity contribution < 1.29 is 18.0 Å². The number of halogens is 3. The number of rotatable bonds is 2. The number of carbonyl (C=O) groups is 1. The number of imidazole rings is 1. The van der Waals surface area contributed by atoms with E-state index in [2.05, 4.69) is 15.3 Å². The Bertz CT molecular complexity index is 589. The Morgan fingerprint density at radius 1 is 1.44 bits per heavy atom. The molecule has 1 heterocycles. The Morgan fingerprint density at radius 2 is 2.17 bits per heavy atom. The van der Waals surface area contributed by atoms with Gasteiger partial charge in [0.1, 0.15) is 0 Å². The van der Waals surface area contributed by atoms with Gasteiger partial charge in [0.15, 0.2) is 0 Å². The summed E-state index contributed by atoms with van der Waals surface area (Å²) in [6, 6.07) is 4.36. The number of alkyl halides is 3. The minimum absolute atomic E-state index is 0.204. The number of hydrogen-bond donors (Lipinski definition) is 2. The normalized spacial score (nSPS) is 11.8. The van der Waals surface area contributed by atoms with Crippen molar-refractivity contribution >= 4 is 22.6 Å². The molecule has 0 saturated heterocycles. The first-order valence-corrected chi connectivity index (χ1v) is 5.27. The average molecular weight is 257 g/mol. The number of anilines is 1. The van der Waals surface area contributed by atoms with E-state index in [4.69, 9.17) is 0 Å². The Kier molecular flexibility index (Phi) is 2.98. The van der Waals surface area contributed by atoms with Crippen LogP contribution in [0.2, 0.25) is 0 Å². The van der Waals surface area contributed by atoms with Crippen LogP contribution in [0, 0.1) is 0 Å². The van der Waals surface area contributed by atoms with Crippen LogP contribution < -0.4 is 5.32 Å². The third kappa shape index (κ3) is 2.44. The lowest BCUT2D eigenvalue weighted by Crippen LogP contribution is -2.09. The van der Waals surface area contributed by atoms with Gasteiger partial charge in [0, 0.05) is 12.1 Å². The number of fused-ring (bicyclic) bond motifs is 1. The van der Waals surface area contributed by atoms with Crippen LogP contribution in [0.1, 0.15) is 19.2 Å². The lowest BCUT2D eigenvalue weighted by atomic mass is 10.2. The summed E-state index contributed by atoms with van der Waals surface area (Å²) in [4.78, 5) is 16.8. The van der Waals surface area contributed by atoms with Crippen molar-refractivity contribution in [1.82, 2.24) is 9.97 Å². The molecule has 0 fully saturated rings. The number of carbonyl (C=O) groups excluding carboxylic acids is 1. The van der Waals surface area contributed by atoms with Crippen molar-refractivity contribution in [3.63, 3.8) is 0 Å². The van der Waals surface area contributed by atoms with E-state index in [0.717, 1.165) is 0 Å². The molecular weight excluding hydrogens is 247 g/mol. The van der Waals surface area contributed by atoms with E-state index in [1.807, 2.05) is 0 Å². The van der Waals surface area contributed by atoms with Gasteiger partial charge in [0.2, 0.25) is 11.7 Å². The maximum atomic E-state index is 12.4. The summed E-state index contributed by atoms with van der Waals surface area (Å²) in [5, 5.41) is 2.56. The summed E-state index contributed by atoms with van der Waals surface area (Å²) < 4.78 is 37.3. The smallest absolute Gasteiger partial charge is 0.334 e. The number of aromatic nitrogens is 2. The lowest BCUT2D eigenvalue weighted by molar-refractivity contribution is -0.144. The minimum atomic E-state index is -4.51. The van der Waals surface area contributed by atoms with Crippen LogP contribution in [0.4, 0.5) is 18.9 Å². The molecular formula is C11H10F3N3O. The molecule has 4 nitrogen and oxygen atoms in total. The molecule has 0 atom stereocenters. The van der Waals surface area contributed by atoms with Gasteiger partial charge in [-0.2, -0.15) is 13.2 Å². The molecule has 0 radical (unpaired) electrons. The highest BCUT2D eigenvalue weighted by molar-refractivity contribution is 5.92. The van der Waals surface area contributed by atoms with Crippen molar-refractivity contribution in [3.8, 4) is 0 Å². The maximum Gasteiger partial charge on any atom is 0.449 e. The van der Waals surface area contributed by atoms with Gasteiger partial charge in [-0.25, -0.2) is 4.98 Å². The van der Waals surface area contributed by atoms with Crippen molar-refractivity contribution in [2.24, 2.45) is 0 Å². The topological polar surface area (TPSA) is 57.8 Å². The van der Waals surface area contributed by atoms with E-state index in [1.54, 1.807) is 6.92 Å². The second-order valence-electron chi connectivity index (χ2n) is 3.72. The zero-order chi connectivity index (χ0) is 13.3. The van der Waals surface area contributed by atoms with Gasteiger partial charge in [0.05, 0.1) is 11.0 Å². The summed E-state index contributed by atoms with van der Waals surface area (Å²) in [6.45, 7) is 1.69. The van der Waals surface area contributed by atoms with Crippen LogP contribution in [-0.4, -0.2) is 15.9 Å². The molecule has 1 aromatic carbocycles. The summed E-state index contributed by atoms with van der Waals surface area (Å²) in [5.41, 5.74) is 0.875. The highest BCUT2D eigenvalue weighted by Gasteiger charge is 2.34. The predicted molar refractivity (Wildman–Crippen MR) is 60.0 cm³/mol. The molecule has 18 heavy (non-hydrogen) atoms. The molecule has 2 aromatic rings. The molecule has 0 unspecified atom stereocenters. The number of amides is 1. The van der Waals surface area contributed by atoms with Gasteiger partial charge in [-0.15, -0.1) is 0 Å². The first kappa shape index (κ1) is 12.4. The lowest BCUT2D eigenvalue weighted by Gasteiger charge is -2.02. The SMILES string of the molecule is CCC(=O)Nc1ccc2nc(C(F)(F)F)[nH]c2c1. The van der Waals surface area contributed by atoms with Gasteiger partial charge >= 0.3 is 6.18 Å². The van der Waals surface area contributed by atoms with Crippen LogP contribution in [0.5, 0.6) is 0 Å². The molecule has 2 N–H and O–H groups in total. The molecule has 0 spiro atoms. The number of aromatic amines is 1. The molecule has 96 valence electrons. The first-order chi connectivity index (χ1) is 8.40. The van der Waals surface area contributed by atoms with Crippen LogP contribution in [0.15, 0.2) is 18.2 Å². The fraction of sp³-hybridized carbons (Fsp3) is 0.273. The number of hydrogen-bond acceptors (Lipinski definition) is 2. The van der Waals surface area contributed by atoms with Gasteiger partial charge in [-0.05, 0) is 18.2 Å². The van der Waals surface area contributed by atoms with E-state index in [1.165, 1.54) is 18.2 Å². The third-order valence-electron chi connectivity index (χ3n) is 2.36. The van der Waals surface area contributed by atoms with E-state index >= 15 is 0 Å². The van der Waals surface area contributed by atoms with Crippen LogP contribution in [0.3, 0.4) is 0 Å². The molecule has 0 aliphatic rings. The quantitative estimate of drug-likeness (QED) is 0.869. The largest absolute Gasteiger partial charge is 0.449 e. The monoisotopic (exact) mass is 257 g/mol.